The number of nitrogens with zero attached hydrogens (tertiary/aromatic N) is 1. The largest absolute Gasteiger partial charge is 0.330 e. The van der Waals surface area contributed by atoms with E-state index in [4.69, 9.17) is 5.73 Å². The molecule has 1 aliphatic rings. The molecule has 1 unspecified atom stereocenters. The lowest BCUT2D eigenvalue weighted by Crippen LogP contribution is -2.26. The number of benzene rings is 1. The number of rotatable bonds is 2. The Labute approximate surface area is 96.0 Å². The normalized spacial score (nSPS) is 20.1. The SMILES string of the molecule is NCC1CC(=O)N(c2cc(F)c(F)c(F)c2)C1. The highest BCUT2D eigenvalue weighted by molar-refractivity contribution is 5.95. The minimum Gasteiger partial charge on any atom is -0.330 e. The second kappa shape index (κ2) is 4.37. The summed E-state index contributed by atoms with van der Waals surface area (Å²) in [6.45, 7) is 0.633. The quantitative estimate of drug-likeness (QED) is 0.800. The van der Waals surface area contributed by atoms with Crippen LogP contribution in [0.5, 0.6) is 0 Å². The maximum atomic E-state index is 13.0. The van der Waals surface area contributed by atoms with Crippen LogP contribution in [0.4, 0.5) is 18.9 Å². The van der Waals surface area contributed by atoms with Crippen molar-refractivity contribution in [3.8, 4) is 0 Å². The second-order valence-corrected chi connectivity index (χ2v) is 4.03. The summed E-state index contributed by atoms with van der Waals surface area (Å²) in [5.74, 6) is -4.42. The first kappa shape index (κ1) is 11.9. The van der Waals surface area contributed by atoms with Crippen LogP contribution in [0.25, 0.3) is 0 Å². The van der Waals surface area contributed by atoms with Crippen LogP contribution < -0.4 is 10.6 Å². The molecule has 0 aromatic heterocycles. The monoisotopic (exact) mass is 244 g/mol. The number of carbonyl (C=O) groups is 1. The fourth-order valence-electron chi connectivity index (χ4n) is 1.89. The van der Waals surface area contributed by atoms with Gasteiger partial charge in [0.1, 0.15) is 0 Å². The molecule has 1 aliphatic heterocycles. The molecule has 1 aromatic carbocycles. The molecular weight excluding hydrogens is 233 g/mol. The van der Waals surface area contributed by atoms with Gasteiger partial charge in [0.25, 0.3) is 0 Å². The van der Waals surface area contributed by atoms with Gasteiger partial charge in [-0.05, 0) is 12.5 Å². The van der Waals surface area contributed by atoms with Gasteiger partial charge in [-0.2, -0.15) is 0 Å². The number of amides is 1. The summed E-state index contributed by atoms with van der Waals surface area (Å²) in [6, 6.07) is 1.63. The lowest BCUT2D eigenvalue weighted by Gasteiger charge is -2.16. The molecule has 1 aromatic rings. The summed E-state index contributed by atoms with van der Waals surface area (Å²) < 4.78 is 38.8. The van der Waals surface area contributed by atoms with E-state index in [-0.39, 0.29) is 23.9 Å². The van der Waals surface area contributed by atoms with E-state index in [1.807, 2.05) is 0 Å². The third kappa shape index (κ3) is 2.12. The summed E-state index contributed by atoms with van der Waals surface area (Å²) in [5, 5.41) is 0. The summed E-state index contributed by atoms with van der Waals surface area (Å²) in [4.78, 5) is 12.8. The highest BCUT2D eigenvalue weighted by Gasteiger charge is 2.30. The molecule has 0 bridgehead atoms. The molecule has 6 heteroatoms. The van der Waals surface area contributed by atoms with E-state index in [9.17, 15) is 18.0 Å². The average Bonchev–Trinajstić information content (AvgIpc) is 2.67. The van der Waals surface area contributed by atoms with Crippen molar-refractivity contribution in [1.82, 2.24) is 0 Å². The lowest BCUT2D eigenvalue weighted by molar-refractivity contribution is -0.117. The number of anilines is 1. The molecule has 2 rings (SSSR count). The van der Waals surface area contributed by atoms with Crippen molar-refractivity contribution in [2.45, 2.75) is 6.42 Å². The van der Waals surface area contributed by atoms with Crippen LogP contribution in [0, 0.1) is 23.4 Å². The fourth-order valence-corrected chi connectivity index (χ4v) is 1.89. The molecule has 0 aliphatic carbocycles. The molecular formula is C11H11F3N2O. The molecule has 1 amide bonds. The van der Waals surface area contributed by atoms with Crippen LogP contribution >= 0.6 is 0 Å². The van der Waals surface area contributed by atoms with Crippen LogP contribution in [-0.2, 0) is 4.79 Å². The topological polar surface area (TPSA) is 46.3 Å². The van der Waals surface area contributed by atoms with Crippen molar-refractivity contribution in [2.24, 2.45) is 11.7 Å². The molecule has 92 valence electrons. The van der Waals surface area contributed by atoms with Gasteiger partial charge in [-0.3, -0.25) is 4.79 Å². The third-order valence-corrected chi connectivity index (χ3v) is 2.82. The lowest BCUT2D eigenvalue weighted by atomic mass is 10.1. The molecule has 0 spiro atoms. The predicted octanol–water partition coefficient (Wildman–Crippen LogP) is 1.42. The van der Waals surface area contributed by atoms with Gasteiger partial charge in [0.05, 0.1) is 0 Å². The molecule has 2 N–H and O–H groups in total. The van der Waals surface area contributed by atoms with Gasteiger partial charge in [0.2, 0.25) is 5.91 Å². The Hall–Kier alpha value is -1.56. The number of hydrogen-bond donors (Lipinski definition) is 1. The standard InChI is InChI=1S/C11H11F3N2O/c12-8-2-7(3-9(13)11(8)14)16-5-6(4-15)1-10(16)17/h2-3,6H,1,4-5,15H2. The highest BCUT2D eigenvalue weighted by Crippen LogP contribution is 2.27. The second-order valence-electron chi connectivity index (χ2n) is 4.03. The molecule has 1 fully saturated rings. The van der Waals surface area contributed by atoms with Crippen LogP contribution in [0.1, 0.15) is 6.42 Å². The fraction of sp³-hybridized carbons (Fsp3) is 0.364. The zero-order valence-corrected chi connectivity index (χ0v) is 8.92. The van der Waals surface area contributed by atoms with E-state index < -0.39 is 17.5 Å². The van der Waals surface area contributed by atoms with Crippen molar-refractivity contribution < 1.29 is 18.0 Å². The molecule has 1 heterocycles. The van der Waals surface area contributed by atoms with Crippen molar-refractivity contribution >= 4 is 11.6 Å². The van der Waals surface area contributed by atoms with Crippen molar-refractivity contribution in [3.05, 3.63) is 29.6 Å². The molecule has 1 saturated heterocycles. The summed E-state index contributed by atoms with van der Waals surface area (Å²) in [6.07, 6.45) is 0.247. The van der Waals surface area contributed by atoms with E-state index in [0.29, 0.717) is 13.1 Å². The maximum absolute atomic E-state index is 13.0. The first-order valence-corrected chi connectivity index (χ1v) is 5.18. The van der Waals surface area contributed by atoms with Crippen LogP contribution in [0.15, 0.2) is 12.1 Å². The van der Waals surface area contributed by atoms with Gasteiger partial charge in [0.15, 0.2) is 17.5 Å². The average molecular weight is 244 g/mol. The van der Waals surface area contributed by atoms with Gasteiger partial charge in [-0.1, -0.05) is 0 Å². The highest BCUT2D eigenvalue weighted by atomic mass is 19.2. The van der Waals surface area contributed by atoms with Crippen molar-refractivity contribution in [3.63, 3.8) is 0 Å². The zero-order valence-electron chi connectivity index (χ0n) is 8.92. The number of halogens is 3. The Kier molecular flexibility index (Phi) is 3.06. The van der Waals surface area contributed by atoms with Gasteiger partial charge in [0, 0.05) is 30.8 Å². The Morgan fingerprint density at radius 2 is 1.88 bits per heavy atom. The molecule has 17 heavy (non-hydrogen) atoms. The number of nitrogens with two attached hydrogens (primary N) is 1. The Bertz CT molecular complexity index is 441. The third-order valence-electron chi connectivity index (χ3n) is 2.82. The predicted molar refractivity (Wildman–Crippen MR) is 55.8 cm³/mol. The molecule has 1 atom stereocenters. The Morgan fingerprint density at radius 3 is 2.35 bits per heavy atom. The van der Waals surface area contributed by atoms with Crippen molar-refractivity contribution in [2.75, 3.05) is 18.0 Å². The Morgan fingerprint density at radius 1 is 1.29 bits per heavy atom. The first-order chi connectivity index (χ1) is 8.02. The van der Waals surface area contributed by atoms with Crippen LogP contribution in [-0.4, -0.2) is 19.0 Å². The van der Waals surface area contributed by atoms with Gasteiger partial charge in [-0.15, -0.1) is 0 Å². The molecule has 0 saturated carbocycles. The van der Waals surface area contributed by atoms with Gasteiger partial charge in [-0.25, -0.2) is 13.2 Å². The van der Waals surface area contributed by atoms with E-state index in [1.165, 1.54) is 4.90 Å². The van der Waals surface area contributed by atoms with E-state index in [1.54, 1.807) is 0 Å². The Balaban J connectivity index is 2.32. The van der Waals surface area contributed by atoms with Crippen LogP contribution in [0.3, 0.4) is 0 Å². The summed E-state index contributed by atoms with van der Waals surface area (Å²) >= 11 is 0. The zero-order chi connectivity index (χ0) is 12.6. The smallest absolute Gasteiger partial charge is 0.227 e. The minimum atomic E-state index is -1.53. The van der Waals surface area contributed by atoms with E-state index >= 15 is 0 Å². The van der Waals surface area contributed by atoms with E-state index in [2.05, 4.69) is 0 Å². The van der Waals surface area contributed by atoms with Crippen LogP contribution in [0.2, 0.25) is 0 Å². The van der Waals surface area contributed by atoms with E-state index in [0.717, 1.165) is 12.1 Å². The van der Waals surface area contributed by atoms with Crippen molar-refractivity contribution in [1.29, 1.82) is 0 Å². The summed E-state index contributed by atoms with van der Waals surface area (Å²) in [7, 11) is 0. The first-order valence-electron chi connectivity index (χ1n) is 5.18. The summed E-state index contributed by atoms with van der Waals surface area (Å²) in [5.41, 5.74) is 5.46. The van der Waals surface area contributed by atoms with Gasteiger partial charge >= 0.3 is 0 Å². The maximum Gasteiger partial charge on any atom is 0.227 e. The molecule has 0 radical (unpaired) electrons. The van der Waals surface area contributed by atoms with Gasteiger partial charge < -0.3 is 10.6 Å². The molecule has 3 nitrogen and oxygen atoms in total. The number of hydrogen-bond acceptors (Lipinski definition) is 2. The minimum absolute atomic E-state index is 0.0290. The number of carbonyl (C=O) groups excluding carboxylic acids is 1.